The van der Waals surface area contributed by atoms with E-state index in [2.05, 4.69) is 25.7 Å². The Kier molecular flexibility index (Phi) is 5.95. The molecule has 124 valence electrons. The van der Waals surface area contributed by atoms with Gasteiger partial charge in [0.05, 0.1) is 19.3 Å². The first-order chi connectivity index (χ1) is 10.4. The number of piperidine rings is 1. The van der Waals surface area contributed by atoms with Crippen molar-refractivity contribution in [3.63, 3.8) is 0 Å². The molecule has 1 fully saturated rings. The van der Waals surface area contributed by atoms with Crippen LogP contribution < -0.4 is 0 Å². The van der Waals surface area contributed by atoms with Crippen LogP contribution in [-0.4, -0.2) is 41.8 Å². The molecule has 0 spiro atoms. The first-order valence-electron chi connectivity index (χ1n) is 8.15. The van der Waals surface area contributed by atoms with Crippen molar-refractivity contribution >= 4 is 0 Å². The first-order valence-corrected chi connectivity index (χ1v) is 8.15. The summed E-state index contributed by atoms with van der Waals surface area (Å²) in [4.78, 5) is 2.47. The molecule has 1 saturated heterocycles. The van der Waals surface area contributed by atoms with E-state index in [1.165, 1.54) is 6.07 Å². The van der Waals surface area contributed by atoms with Crippen LogP contribution in [0.2, 0.25) is 0 Å². The number of nitrogens with zero attached hydrogens (tertiary/aromatic N) is 1. The third kappa shape index (κ3) is 4.51. The molecule has 0 aromatic heterocycles. The summed E-state index contributed by atoms with van der Waals surface area (Å²) in [7, 11) is 0. The number of aliphatic hydroxyl groups excluding tert-OH is 1. The van der Waals surface area contributed by atoms with E-state index >= 15 is 0 Å². The fraction of sp³-hybridized carbons (Fsp3) is 0.667. The van der Waals surface area contributed by atoms with Crippen LogP contribution in [0.4, 0.5) is 4.39 Å². The van der Waals surface area contributed by atoms with Gasteiger partial charge in [-0.2, -0.15) is 0 Å². The van der Waals surface area contributed by atoms with Gasteiger partial charge in [0.2, 0.25) is 0 Å². The molecule has 0 radical (unpaired) electrons. The quantitative estimate of drug-likeness (QED) is 0.905. The van der Waals surface area contributed by atoms with Gasteiger partial charge in [0.25, 0.3) is 0 Å². The van der Waals surface area contributed by atoms with E-state index in [0.29, 0.717) is 5.92 Å². The van der Waals surface area contributed by atoms with E-state index in [0.717, 1.165) is 31.5 Å². The van der Waals surface area contributed by atoms with Gasteiger partial charge in [0, 0.05) is 18.0 Å². The molecular weight excluding hydrogens is 281 g/mol. The van der Waals surface area contributed by atoms with Crippen molar-refractivity contribution in [3.05, 3.63) is 35.6 Å². The van der Waals surface area contributed by atoms with E-state index < -0.39 is 0 Å². The average Bonchev–Trinajstić information content (AvgIpc) is 2.47. The smallest absolute Gasteiger partial charge is 0.123 e. The fourth-order valence-corrected chi connectivity index (χ4v) is 3.23. The minimum absolute atomic E-state index is 0.0124. The Morgan fingerprint density at radius 3 is 2.82 bits per heavy atom. The fourth-order valence-electron chi connectivity index (χ4n) is 3.23. The minimum atomic E-state index is -0.237. The molecule has 1 heterocycles. The lowest BCUT2D eigenvalue weighted by Gasteiger charge is -2.43. The number of rotatable bonds is 5. The lowest BCUT2D eigenvalue weighted by Crippen LogP contribution is -2.48. The Morgan fingerprint density at radius 1 is 1.41 bits per heavy atom. The second kappa shape index (κ2) is 7.53. The maximum atomic E-state index is 13.6. The van der Waals surface area contributed by atoms with Gasteiger partial charge in [0.1, 0.15) is 5.82 Å². The summed E-state index contributed by atoms with van der Waals surface area (Å²) in [6.07, 6.45) is 2.03. The van der Waals surface area contributed by atoms with Crippen molar-refractivity contribution < 1.29 is 14.2 Å². The van der Waals surface area contributed by atoms with Crippen LogP contribution in [-0.2, 0) is 4.74 Å². The Hall–Kier alpha value is -0.970. The van der Waals surface area contributed by atoms with E-state index in [9.17, 15) is 4.39 Å². The van der Waals surface area contributed by atoms with Crippen LogP contribution in [0.3, 0.4) is 0 Å². The molecule has 0 bridgehead atoms. The molecule has 0 amide bonds. The summed E-state index contributed by atoms with van der Waals surface area (Å²) < 4.78 is 19.5. The lowest BCUT2D eigenvalue weighted by atomic mass is 9.86. The molecule has 0 unspecified atom stereocenters. The zero-order valence-electron chi connectivity index (χ0n) is 13.9. The van der Waals surface area contributed by atoms with Gasteiger partial charge in [-0.15, -0.1) is 0 Å². The summed E-state index contributed by atoms with van der Waals surface area (Å²) in [6, 6.07) is 6.65. The van der Waals surface area contributed by atoms with Crippen molar-refractivity contribution in [1.82, 2.24) is 4.90 Å². The van der Waals surface area contributed by atoms with Crippen molar-refractivity contribution in [3.8, 4) is 0 Å². The normalized spacial score (nSPS) is 21.8. The van der Waals surface area contributed by atoms with E-state index in [1.54, 1.807) is 12.1 Å². The molecule has 0 saturated carbocycles. The first kappa shape index (κ1) is 17.4. The molecule has 1 N–H and O–H groups in total. The second-order valence-corrected chi connectivity index (χ2v) is 7.09. The highest BCUT2D eigenvalue weighted by molar-refractivity contribution is 5.20. The Morgan fingerprint density at radius 2 is 2.18 bits per heavy atom. The molecule has 2 rings (SSSR count). The number of aliphatic hydroxyl groups is 1. The molecule has 2 atom stereocenters. The molecule has 1 aromatic rings. The van der Waals surface area contributed by atoms with Gasteiger partial charge >= 0.3 is 0 Å². The summed E-state index contributed by atoms with van der Waals surface area (Å²) in [5, 5.41) is 9.09. The molecule has 22 heavy (non-hydrogen) atoms. The SMILES string of the molecule is CC(C)(C)N1CCC[C@@H]([C@@H](OCCO)c2cccc(F)c2)C1. The maximum Gasteiger partial charge on any atom is 0.123 e. The number of hydrogen-bond acceptors (Lipinski definition) is 3. The zero-order chi connectivity index (χ0) is 16.2. The predicted molar refractivity (Wildman–Crippen MR) is 86.2 cm³/mol. The average molecular weight is 309 g/mol. The topological polar surface area (TPSA) is 32.7 Å². The highest BCUT2D eigenvalue weighted by atomic mass is 19.1. The number of ether oxygens (including phenoxy) is 1. The number of benzene rings is 1. The van der Waals surface area contributed by atoms with Gasteiger partial charge in [-0.25, -0.2) is 4.39 Å². The molecule has 3 nitrogen and oxygen atoms in total. The van der Waals surface area contributed by atoms with Crippen molar-refractivity contribution in [2.24, 2.45) is 5.92 Å². The van der Waals surface area contributed by atoms with Crippen LogP contribution in [0.15, 0.2) is 24.3 Å². The molecule has 0 aliphatic carbocycles. The molecule has 4 heteroatoms. The number of likely N-dealkylation sites (tertiary alicyclic amines) is 1. The minimum Gasteiger partial charge on any atom is -0.394 e. The van der Waals surface area contributed by atoms with E-state index in [-0.39, 0.29) is 30.7 Å². The summed E-state index contributed by atoms with van der Waals surface area (Å²) in [6.45, 7) is 8.98. The van der Waals surface area contributed by atoms with Crippen LogP contribution in [0.1, 0.15) is 45.3 Å². The third-order valence-electron chi connectivity index (χ3n) is 4.40. The Labute approximate surface area is 133 Å². The summed E-state index contributed by atoms with van der Waals surface area (Å²) in [5.41, 5.74) is 0.997. The van der Waals surface area contributed by atoms with Gasteiger partial charge in [-0.3, -0.25) is 4.90 Å². The largest absolute Gasteiger partial charge is 0.394 e. The van der Waals surface area contributed by atoms with Crippen LogP contribution >= 0.6 is 0 Å². The van der Waals surface area contributed by atoms with Gasteiger partial charge in [-0.1, -0.05) is 12.1 Å². The maximum absolute atomic E-state index is 13.6. The zero-order valence-corrected chi connectivity index (χ0v) is 13.9. The third-order valence-corrected chi connectivity index (χ3v) is 4.40. The van der Waals surface area contributed by atoms with Crippen molar-refractivity contribution in [2.45, 2.75) is 45.3 Å². The van der Waals surface area contributed by atoms with E-state index in [1.807, 2.05) is 6.07 Å². The lowest BCUT2D eigenvalue weighted by molar-refractivity contribution is -0.0413. The standard InChI is InChI=1S/C18H28FNO2/c1-18(2,3)20-9-5-7-15(13-20)17(22-11-10-21)14-6-4-8-16(19)12-14/h4,6,8,12,15,17,21H,5,7,9-11,13H2,1-3H3/t15-,17+/m1/s1. The Bertz CT molecular complexity index is 472. The summed E-state index contributed by atoms with van der Waals surface area (Å²) in [5.74, 6) is 0.0833. The monoisotopic (exact) mass is 309 g/mol. The van der Waals surface area contributed by atoms with Crippen LogP contribution in [0.25, 0.3) is 0 Å². The van der Waals surface area contributed by atoms with Crippen LogP contribution in [0.5, 0.6) is 0 Å². The highest BCUT2D eigenvalue weighted by Gasteiger charge is 2.33. The molecular formula is C18H28FNO2. The number of hydrogen-bond donors (Lipinski definition) is 1. The van der Waals surface area contributed by atoms with Gasteiger partial charge < -0.3 is 9.84 Å². The Balaban J connectivity index is 2.17. The molecule has 1 aliphatic heterocycles. The molecule has 1 aliphatic rings. The van der Waals surface area contributed by atoms with Gasteiger partial charge in [0.15, 0.2) is 0 Å². The van der Waals surface area contributed by atoms with Crippen molar-refractivity contribution in [2.75, 3.05) is 26.3 Å². The number of halogens is 1. The van der Waals surface area contributed by atoms with E-state index in [4.69, 9.17) is 9.84 Å². The molecule has 1 aromatic carbocycles. The van der Waals surface area contributed by atoms with Crippen LogP contribution in [0, 0.1) is 11.7 Å². The van der Waals surface area contributed by atoms with Gasteiger partial charge in [-0.05, 0) is 57.9 Å². The summed E-state index contributed by atoms with van der Waals surface area (Å²) >= 11 is 0. The predicted octanol–water partition coefficient (Wildman–Crippen LogP) is 3.39. The second-order valence-electron chi connectivity index (χ2n) is 7.09. The van der Waals surface area contributed by atoms with Crippen molar-refractivity contribution in [1.29, 1.82) is 0 Å². The highest BCUT2D eigenvalue weighted by Crippen LogP contribution is 2.35.